The van der Waals surface area contributed by atoms with Gasteiger partial charge in [0, 0.05) is 13.1 Å². The molecule has 2 aromatic rings. The number of nitrogens with zero attached hydrogens (tertiary/aromatic N) is 2. The number of hydrogen-bond donors (Lipinski definition) is 5. The number of aliphatic carboxylic acids is 4. The first-order valence-corrected chi connectivity index (χ1v) is 16.5. The fourth-order valence-electron chi connectivity index (χ4n) is 4.19. The highest BCUT2D eigenvalue weighted by molar-refractivity contribution is 5.91. The first-order chi connectivity index (χ1) is 24.3. The molecule has 15 nitrogen and oxygen atoms in total. The number of methoxy groups -OCH3 is 1. The number of carboxylic acids is 4. The van der Waals surface area contributed by atoms with Crippen molar-refractivity contribution in [2.45, 2.75) is 58.7 Å². The van der Waals surface area contributed by atoms with E-state index in [1.165, 1.54) is 32.8 Å². The molecule has 5 N–H and O–H groups in total. The molecule has 1 atom stereocenters. The Balaban J connectivity index is 0.000000778. The van der Waals surface area contributed by atoms with E-state index in [1.807, 2.05) is 48.5 Å². The number of unbranched alkanes of at least 4 members (excludes halogenated alkanes) is 5. The summed E-state index contributed by atoms with van der Waals surface area (Å²) in [5, 5.41) is 43.2. The lowest BCUT2D eigenvalue weighted by atomic mass is 10.1. The monoisotopic (exact) mass is 720 g/mol. The van der Waals surface area contributed by atoms with Crippen LogP contribution < -0.4 is 4.74 Å². The highest BCUT2D eigenvalue weighted by Crippen LogP contribution is 2.11. The summed E-state index contributed by atoms with van der Waals surface area (Å²) in [6.07, 6.45) is 8.00. The number of benzene rings is 2. The molecule has 284 valence electrons. The Morgan fingerprint density at radius 3 is 1.53 bits per heavy atom. The molecule has 51 heavy (non-hydrogen) atoms. The third-order valence-corrected chi connectivity index (χ3v) is 6.47. The van der Waals surface area contributed by atoms with E-state index in [0.29, 0.717) is 12.4 Å². The highest BCUT2D eigenvalue weighted by atomic mass is 16.6. The van der Waals surface area contributed by atoms with Crippen LogP contribution in [-0.4, -0.2) is 124 Å². The quantitative estimate of drug-likeness (QED) is 0.0361. The van der Waals surface area contributed by atoms with Gasteiger partial charge in [0.05, 0.1) is 39.9 Å². The Morgan fingerprint density at radius 1 is 0.686 bits per heavy atom. The van der Waals surface area contributed by atoms with E-state index in [0.717, 1.165) is 28.2 Å². The molecule has 2 aromatic carbocycles. The minimum Gasteiger partial charge on any atom is -0.490 e. The third kappa shape index (κ3) is 27.5. The molecule has 0 saturated heterocycles. The van der Waals surface area contributed by atoms with E-state index < -0.39 is 62.3 Å². The molecule has 0 spiro atoms. The lowest BCUT2D eigenvalue weighted by Crippen LogP contribution is -2.43. The van der Waals surface area contributed by atoms with Gasteiger partial charge in [-0.2, -0.15) is 0 Å². The van der Waals surface area contributed by atoms with Crippen LogP contribution in [0, 0.1) is 0 Å². The van der Waals surface area contributed by atoms with Crippen LogP contribution in [0.3, 0.4) is 0 Å². The lowest BCUT2D eigenvalue weighted by Gasteiger charge is -2.23. The predicted octanol–water partition coefficient (Wildman–Crippen LogP) is 3.91. The van der Waals surface area contributed by atoms with Crippen LogP contribution in [0.1, 0.15) is 57.9 Å². The molecule has 0 fully saturated rings. The molecule has 0 aromatic heterocycles. The van der Waals surface area contributed by atoms with Crippen LogP contribution in [0.2, 0.25) is 0 Å². The van der Waals surface area contributed by atoms with Crippen LogP contribution in [0.25, 0.3) is 6.08 Å². The van der Waals surface area contributed by atoms with Crippen LogP contribution in [-0.2, 0) is 33.4 Å². The molecule has 0 saturated carbocycles. The average Bonchev–Trinajstić information content (AvgIpc) is 3.06. The van der Waals surface area contributed by atoms with E-state index in [9.17, 15) is 24.0 Å². The van der Waals surface area contributed by atoms with Crippen molar-refractivity contribution < 1.29 is 63.7 Å². The van der Waals surface area contributed by atoms with Crippen molar-refractivity contribution >= 4 is 35.9 Å². The van der Waals surface area contributed by atoms with E-state index >= 15 is 0 Å². The Labute approximate surface area is 298 Å². The van der Waals surface area contributed by atoms with Crippen molar-refractivity contribution in [3.63, 3.8) is 0 Å². The molecule has 0 bridgehead atoms. The van der Waals surface area contributed by atoms with Crippen molar-refractivity contribution in [1.29, 1.82) is 0 Å². The maximum atomic E-state index is 11.9. The standard InChI is InChI=1S/C18H26O3.C10H16N2O8.C8H10O2/c1-3-4-5-6-7-11-14-21-18(19)17(20-2)15-16-12-9-8-10-13-16;13-7(14)3-11(4-8(15)16)1-2-12(5-9(17)18)6-10(19)20;1-7(9)10-8-5-3-2-4-6-8/h8-10,12-13,15H,3-7,11,14H2,1-2H3;1-6H2,(H,13,14)(H,15,16)(H,17,18)(H,19,20);2-7,9H,1H3. The smallest absolute Gasteiger partial charge is 0.373 e. The SMILES string of the molecule is CC(O)Oc1ccccc1.CCCCCCCCOC(=O)C(=Cc1ccccc1)OC.O=C(O)CN(CCN(CC(=O)O)CC(=O)O)CC(=O)O. The van der Waals surface area contributed by atoms with Gasteiger partial charge in [-0.15, -0.1) is 0 Å². The molecule has 0 heterocycles. The van der Waals surface area contributed by atoms with Crippen molar-refractivity contribution in [2.75, 3.05) is 53.0 Å². The minimum atomic E-state index is -1.23. The van der Waals surface area contributed by atoms with Gasteiger partial charge >= 0.3 is 29.8 Å². The second-order valence-corrected chi connectivity index (χ2v) is 11.1. The van der Waals surface area contributed by atoms with Crippen molar-refractivity contribution in [2.24, 2.45) is 0 Å². The van der Waals surface area contributed by atoms with Crippen LogP contribution in [0.4, 0.5) is 0 Å². The lowest BCUT2D eigenvalue weighted by molar-refractivity contribution is -0.145. The van der Waals surface area contributed by atoms with E-state index in [-0.39, 0.29) is 18.8 Å². The molecular formula is C36H52N2O13. The summed E-state index contributed by atoms with van der Waals surface area (Å²) in [6.45, 7) is 1.99. The molecule has 15 heteroatoms. The summed E-state index contributed by atoms with van der Waals surface area (Å²) in [5.74, 6) is -4.37. The zero-order chi connectivity index (χ0) is 38.4. The summed E-state index contributed by atoms with van der Waals surface area (Å²) >= 11 is 0. The second-order valence-electron chi connectivity index (χ2n) is 11.1. The Morgan fingerprint density at radius 2 is 1.12 bits per heavy atom. The van der Waals surface area contributed by atoms with Crippen LogP contribution in [0.15, 0.2) is 66.4 Å². The van der Waals surface area contributed by atoms with Gasteiger partial charge in [0.1, 0.15) is 5.75 Å². The van der Waals surface area contributed by atoms with Crippen LogP contribution in [0.5, 0.6) is 5.75 Å². The van der Waals surface area contributed by atoms with Crippen LogP contribution >= 0.6 is 0 Å². The molecule has 0 aliphatic carbocycles. The fourth-order valence-corrected chi connectivity index (χ4v) is 4.19. The third-order valence-electron chi connectivity index (χ3n) is 6.47. The number of hydrogen-bond acceptors (Lipinski definition) is 11. The number of carboxylic acid groups (broad SMARTS) is 4. The van der Waals surface area contributed by atoms with Gasteiger partial charge in [0.2, 0.25) is 5.76 Å². The first-order valence-electron chi connectivity index (χ1n) is 16.5. The molecule has 0 aliphatic heterocycles. The number of carbonyl (C=O) groups is 5. The number of aliphatic hydroxyl groups is 1. The number of aliphatic hydroxyl groups excluding tert-OH is 1. The van der Waals surface area contributed by atoms with Crippen molar-refractivity contribution in [1.82, 2.24) is 9.80 Å². The van der Waals surface area contributed by atoms with Crippen molar-refractivity contribution in [3.8, 4) is 5.75 Å². The zero-order valence-corrected chi connectivity index (χ0v) is 29.5. The van der Waals surface area contributed by atoms with Gasteiger partial charge in [0.15, 0.2) is 6.29 Å². The summed E-state index contributed by atoms with van der Waals surface area (Å²) < 4.78 is 15.3. The average molecular weight is 721 g/mol. The number of para-hydroxylation sites is 1. The van der Waals surface area contributed by atoms with Gasteiger partial charge in [-0.3, -0.25) is 29.0 Å². The number of ether oxygens (including phenoxy) is 3. The number of rotatable bonds is 23. The van der Waals surface area contributed by atoms with E-state index in [1.54, 1.807) is 25.1 Å². The highest BCUT2D eigenvalue weighted by Gasteiger charge is 2.18. The Bertz CT molecular complexity index is 1240. The maximum Gasteiger partial charge on any atom is 0.373 e. The van der Waals surface area contributed by atoms with E-state index in [4.69, 9.17) is 39.7 Å². The van der Waals surface area contributed by atoms with Gasteiger partial charge in [-0.1, -0.05) is 87.6 Å². The summed E-state index contributed by atoms with van der Waals surface area (Å²) in [5.41, 5.74) is 0.922. The zero-order valence-electron chi connectivity index (χ0n) is 29.5. The first kappa shape index (κ1) is 46.0. The van der Waals surface area contributed by atoms with Gasteiger partial charge in [-0.25, -0.2) is 4.79 Å². The summed E-state index contributed by atoms with van der Waals surface area (Å²) in [4.78, 5) is 56.3. The molecule has 0 aliphatic rings. The topological polar surface area (TPSA) is 221 Å². The molecule has 1 unspecified atom stereocenters. The van der Waals surface area contributed by atoms with Gasteiger partial charge < -0.3 is 39.7 Å². The van der Waals surface area contributed by atoms with Gasteiger partial charge in [0.25, 0.3) is 0 Å². The Kier molecular flexibility index (Phi) is 26.0. The summed E-state index contributed by atoms with van der Waals surface area (Å²) in [6, 6.07) is 18.8. The number of carbonyl (C=O) groups excluding carboxylic acids is 1. The second kappa shape index (κ2) is 28.8. The van der Waals surface area contributed by atoms with Gasteiger partial charge in [-0.05, 0) is 37.1 Å². The number of esters is 1. The Hall–Kier alpha value is -4.99. The molecule has 0 amide bonds. The maximum absolute atomic E-state index is 11.9. The summed E-state index contributed by atoms with van der Waals surface area (Å²) in [7, 11) is 1.49. The molecule has 0 radical (unpaired) electrons. The molecular weight excluding hydrogens is 668 g/mol. The largest absolute Gasteiger partial charge is 0.490 e. The normalized spacial score (nSPS) is 11.3. The van der Waals surface area contributed by atoms with Crippen molar-refractivity contribution in [3.05, 3.63) is 72.0 Å². The minimum absolute atomic E-state index is 0.0703. The fraction of sp³-hybridized carbons (Fsp3) is 0.472. The molecule has 2 rings (SSSR count). The van der Waals surface area contributed by atoms with E-state index in [2.05, 4.69) is 6.92 Å². The predicted molar refractivity (Wildman–Crippen MR) is 188 cm³/mol.